The summed E-state index contributed by atoms with van der Waals surface area (Å²) in [4.78, 5) is 13.0. The van der Waals surface area contributed by atoms with Crippen LogP contribution in [0.4, 0.5) is 5.69 Å². The maximum absolute atomic E-state index is 13.0. The van der Waals surface area contributed by atoms with Crippen molar-refractivity contribution in [2.45, 2.75) is 32.9 Å². The molecular formula is C21H27ClN2O5S. The van der Waals surface area contributed by atoms with Crippen molar-refractivity contribution in [1.29, 1.82) is 0 Å². The van der Waals surface area contributed by atoms with E-state index >= 15 is 0 Å². The van der Waals surface area contributed by atoms with Crippen LogP contribution in [0.5, 0.6) is 11.5 Å². The van der Waals surface area contributed by atoms with E-state index in [1.165, 1.54) is 14.0 Å². The van der Waals surface area contributed by atoms with E-state index in [0.29, 0.717) is 27.8 Å². The number of sulfonamides is 1. The molecule has 1 amide bonds. The number of ether oxygens (including phenoxy) is 2. The molecule has 0 fully saturated rings. The number of nitrogens with one attached hydrogen (secondary N) is 1. The fraction of sp³-hybridized carbons (Fsp3) is 0.381. The summed E-state index contributed by atoms with van der Waals surface area (Å²) in [6.45, 7) is 5.11. The van der Waals surface area contributed by atoms with Crippen molar-refractivity contribution in [2.75, 3.05) is 24.8 Å². The fourth-order valence-electron chi connectivity index (χ4n) is 3.14. The number of halogens is 1. The Labute approximate surface area is 183 Å². The maximum atomic E-state index is 13.0. The summed E-state index contributed by atoms with van der Waals surface area (Å²) in [5.41, 5.74) is 1.85. The third-order valence-electron chi connectivity index (χ3n) is 4.76. The Balaban J connectivity index is 2.30. The molecule has 0 heterocycles. The van der Waals surface area contributed by atoms with Gasteiger partial charge in [-0.2, -0.15) is 0 Å². The molecule has 7 nitrogen and oxygen atoms in total. The highest BCUT2D eigenvalue weighted by molar-refractivity contribution is 7.92. The smallest absolute Gasteiger partial charge is 0.244 e. The molecule has 1 N–H and O–H groups in total. The number of aryl methyl sites for hydroxylation is 1. The summed E-state index contributed by atoms with van der Waals surface area (Å²) in [7, 11) is -0.669. The highest BCUT2D eigenvalue weighted by Crippen LogP contribution is 2.31. The van der Waals surface area contributed by atoms with Gasteiger partial charge in [-0.3, -0.25) is 9.10 Å². The molecular weight excluding hydrogens is 428 g/mol. The lowest BCUT2D eigenvalue weighted by molar-refractivity contribution is -0.122. The quantitative estimate of drug-likeness (QED) is 0.657. The minimum absolute atomic E-state index is 0.367. The fourth-order valence-corrected chi connectivity index (χ4v) is 4.53. The Morgan fingerprint density at radius 3 is 2.27 bits per heavy atom. The predicted octanol–water partition coefficient (Wildman–Crippen LogP) is 3.70. The number of anilines is 1. The van der Waals surface area contributed by atoms with Crippen LogP contribution in [0.25, 0.3) is 0 Å². The first-order valence-electron chi connectivity index (χ1n) is 9.27. The normalized spacial score (nSPS) is 13.3. The van der Waals surface area contributed by atoms with E-state index in [2.05, 4.69) is 5.32 Å². The van der Waals surface area contributed by atoms with Crippen LogP contribution in [-0.4, -0.2) is 40.8 Å². The van der Waals surface area contributed by atoms with Gasteiger partial charge in [0.25, 0.3) is 0 Å². The van der Waals surface area contributed by atoms with Gasteiger partial charge in [0.15, 0.2) is 11.5 Å². The third kappa shape index (κ3) is 5.37. The van der Waals surface area contributed by atoms with Crippen molar-refractivity contribution in [3.8, 4) is 11.5 Å². The number of rotatable bonds is 8. The summed E-state index contributed by atoms with van der Waals surface area (Å²) in [5, 5.41) is 3.25. The molecule has 164 valence electrons. The first kappa shape index (κ1) is 23.8. The second kappa shape index (κ2) is 9.57. The molecule has 0 radical (unpaired) electrons. The van der Waals surface area contributed by atoms with E-state index in [4.69, 9.17) is 21.1 Å². The molecule has 0 unspecified atom stereocenters. The first-order valence-corrected chi connectivity index (χ1v) is 11.5. The second-order valence-electron chi connectivity index (χ2n) is 7.01. The number of benzene rings is 2. The van der Waals surface area contributed by atoms with Crippen LogP contribution in [0.15, 0.2) is 36.4 Å². The zero-order chi connectivity index (χ0) is 22.6. The first-order chi connectivity index (χ1) is 14.0. The monoisotopic (exact) mass is 454 g/mol. The highest BCUT2D eigenvalue weighted by Gasteiger charge is 2.31. The summed E-state index contributed by atoms with van der Waals surface area (Å²) >= 11 is 6.07. The lowest BCUT2D eigenvalue weighted by Gasteiger charge is -2.30. The van der Waals surface area contributed by atoms with Gasteiger partial charge in [-0.05, 0) is 56.2 Å². The molecule has 0 aliphatic heterocycles. The average molecular weight is 455 g/mol. The van der Waals surface area contributed by atoms with Gasteiger partial charge in [0.2, 0.25) is 15.9 Å². The number of carbonyl (C=O) groups excluding carboxylic acids is 1. The number of nitrogens with zero attached hydrogens (tertiary/aromatic N) is 1. The third-order valence-corrected chi connectivity index (χ3v) is 6.23. The van der Waals surface area contributed by atoms with Crippen LogP contribution in [0, 0.1) is 6.92 Å². The maximum Gasteiger partial charge on any atom is 0.244 e. The molecule has 0 spiro atoms. The van der Waals surface area contributed by atoms with E-state index < -0.39 is 22.0 Å². The Bertz CT molecular complexity index is 1030. The van der Waals surface area contributed by atoms with Crippen LogP contribution in [0.1, 0.15) is 31.0 Å². The van der Waals surface area contributed by atoms with E-state index in [0.717, 1.165) is 16.1 Å². The summed E-state index contributed by atoms with van der Waals surface area (Å²) < 4.78 is 36.7. The van der Waals surface area contributed by atoms with Gasteiger partial charge >= 0.3 is 0 Å². The van der Waals surface area contributed by atoms with Crippen molar-refractivity contribution in [3.63, 3.8) is 0 Å². The molecule has 2 rings (SSSR count). The van der Waals surface area contributed by atoms with Crippen LogP contribution in [0.2, 0.25) is 5.02 Å². The molecule has 2 aromatic carbocycles. The van der Waals surface area contributed by atoms with Gasteiger partial charge < -0.3 is 14.8 Å². The van der Waals surface area contributed by atoms with Crippen LogP contribution in [-0.2, 0) is 14.8 Å². The summed E-state index contributed by atoms with van der Waals surface area (Å²) in [6.07, 6.45) is 1.06. The van der Waals surface area contributed by atoms with Gasteiger partial charge in [0, 0.05) is 5.02 Å². The molecule has 9 heteroatoms. The molecule has 0 saturated carbocycles. The lowest BCUT2D eigenvalue weighted by Crippen LogP contribution is -2.48. The lowest BCUT2D eigenvalue weighted by atomic mass is 10.1. The second-order valence-corrected chi connectivity index (χ2v) is 9.31. The number of carbonyl (C=O) groups is 1. The van der Waals surface area contributed by atoms with Crippen LogP contribution < -0.4 is 19.1 Å². The standard InChI is InChI=1S/C21H27ClN2O5S/c1-13-7-9-17(22)12-18(13)24(30(6,26)27)15(3)21(25)23-14(2)16-8-10-19(28-4)20(11-16)29-5/h7-12,14-15H,1-6H3,(H,23,25)/t14-,15+/m0/s1. The number of hydrogen-bond donors (Lipinski definition) is 1. The predicted molar refractivity (Wildman–Crippen MR) is 119 cm³/mol. The van der Waals surface area contributed by atoms with Crippen molar-refractivity contribution in [2.24, 2.45) is 0 Å². The zero-order valence-electron chi connectivity index (χ0n) is 17.9. The number of hydrogen-bond acceptors (Lipinski definition) is 5. The summed E-state index contributed by atoms with van der Waals surface area (Å²) in [5.74, 6) is 0.673. The van der Waals surface area contributed by atoms with E-state index in [1.807, 2.05) is 6.07 Å². The van der Waals surface area contributed by atoms with Gasteiger partial charge in [-0.1, -0.05) is 23.7 Å². The Hall–Kier alpha value is -2.45. The Kier molecular flexibility index (Phi) is 7.60. The molecule has 30 heavy (non-hydrogen) atoms. The van der Waals surface area contributed by atoms with Gasteiger partial charge in [0.1, 0.15) is 6.04 Å². The average Bonchev–Trinajstić information content (AvgIpc) is 2.68. The van der Waals surface area contributed by atoms with Gasteiger partial charge in [-0.25, -0.2) is 8.42 Å². The Morgan fingerprint density at radius 1 is 1.07 bits per heavy atom. The number of methoxy groups -OCH3 is 2. The van der Waals surface area contributed by atoms with Gasteiger partial charge in [-0.15, -0.1) is 0 Å². The molecule has 0 saturated heterocycles. The molecule has 2 aromatic rings. The minimum Gasteiger partial charge on any atom is -0.493 e. The molecule has 0 aliphatic rings. The largest absolute Gasteiger partial charge is 0.493 e. The molecule has 0 aliphatic carbocycles. The SMILES string of the molecule is COc1ccc([C@H](C)NC(=O)[C@@H](C)N(c2cc(Cl)ccc2C)S(C)(=O)=O)cc1OC. The van der Waals surface area contributed by atoms with E-state index in [-0.39, 0.29) is 6.04 Å². The molecule has 0 bridgehead atoms. The number of amides is 1. The summed E-state index contributed by atoms with van der Waals surface area (Å²) in [6, 6.07) is 8.88. The molecule has 2 atom stereocenters. The highest BCUT2D eigenvalue weighted by atomic mass is 35.5. The van der Waals surface area contributed by atoms with Crippen molar-refractivity contribution >= 4 is 33.2 Å². The van der Waals surface area contributed by atoms with Crippen molar-refractivity contribution in [3.05, 3.63) is 52.5 Å². The zero-order valence-corrected chi connectivity index (χ0v) is 19.5. The van der Waals surface area contributed by atoms with Crippen LogP contribution >= 0.6 is 11.6 Å². The minimum atomic E-state index is -3.74. The van der Waals surface area contributed by atoms with Crippen molar-refractivity contribution < 1.29 is 22.7 Å². The van der Waals surface area contributed by atoms with E-state index in [1.54, 1.807) is 51.3 Å². The van der Waals surface area contributed by atoms with Crippen LogP contribution in [0.3, 0.4) is 0 Å². The van der Waals surface area contributed by atoms with E-state index in [9.17, 15) is 13.2 Å². The topological polar surface area (TPSA) is 84.9 Å². The Morgan fingerprint density at radius 2 is 1.70 bits per heavy atom. The molecule has 0 aromatic heterocycles. The van der Waals surface area contributed by atoms with Crippen molar-refractivity contribution in [1.82, 2.24) is 5.32 Å². The van der Waals surface area contributed by atoms with Gasteiger partial charge in [0.05, 0.1) is 32.2 Å².